The second-order valence-corrected chi connectivity index (χ2v) is 7.72. The van der Waals surface area contributed by atoms with Gasteiger partial charge in [-0.05, 0) is 60.2 Å². The minimum atomic E-state index is -1.38. The number of halogens is 4. The third kappa shape index (κ3) is 5.47. The Morgan fingerprint density at radius 1 is 0.886 bits per heavy atom. The van der Waals surface area contributed by atoms with Gasteiger partial charge in [-0.15, -0.1) is 0 Å². The van der Waals surface area contributed by atoms with Crippen LogP contribution in [0, 0.1) is 17.5 Å². The Morgan fingerprint density at radius 2 is 1.54 bits per heavy atom. The maximum absolute atomic E-state index is 13.9. The Labute approximate surface area is 203 Å². The molecule has 0 fully saturated rings. The van der Waals surface area contributed by atoms with Gasteiger partial charge in [-0.1, -0.05) is 23.7 Å². The van der Waals surface area contributed by atoms with Gasteiger partial charge in [0.2, 0.25) is 0 Å². The van der Waals surface area contributed by atoms with E-state index in [-0.39, 0.29) is 27.7 Å². The Bertz CT molecular complexity index is 1350. The van der Waals surface area contributed by atoms with Crippen molar-refractivity contribution in [3.05, 3.63) is 119 Å². The molecule has 0 unspecified atom stereocenters. The van der Waals surface area contributed by atoms with Crippen LogP contribution in [0.5, 0.6) is 0 Å². The lowest BCUT2D eigenvalue weighted by molar-refractivity contribution is -0.117. The SMILES string of the molecule is O=C(Nc1ccc(F)cc1)[C@@H](c1ccc(F)cc1)N(C(=O)c1cnccn1)c1ccc(F)c(Cl)c1. The topological polar surface area (TPSA) is 75.2 Å². The molecular weight excluding hydrogens is 481 g/mol. The van der Waals surface area contributed by atoms with Crippen LogP contribution >= 0.6 is 11.6 Å². The van der Waals surface area contributed by atoms with Crippen LogP contribution < -0.4 is 10.2 Å². The van der Waals surface area contributed by atoms with E-state index in [4.69, 9.17) is 11.6 Å². The van der Waals surface area contributed by atoms with Crippen LogP contribution in [-0.2, 0) is 4.79 Å². The molecule has 0 saturated heterocycles. The average Bonchev–Trinajstić information content (AvgIpc) is 2.86. The molecule has 4 rings (SSSR count). The number of hydrogen-bond donors (Lipinski definition) is 1. The third-order valence-corrected chi connectivity index (χ3v) is 5.28. The summed E-state index contributed by atoms with van der Waals surface area (Å²) in [5.41, 5.74) is 0.474. The highest BCUT2D eigenvalue weighted by Gasteiger charge is 2.34. The van der Waals surface area contributed by atoms with Crippen molar-refractivity contribution in [3.8, 4) is 0 Å². The highest BCUT2D eigenvalue weighted by molar-refractivity contribution is 6.31. The van der Waals surface area contributed by atoms with E-state index in [9.17, 15) is 22.8 Å². The van der Waals surface area contributed by atoms with Gasteiger partial charge in [0.1, 0.15) is 29.2 Å². The van der Waals surface area contributed by atoms with Crippen molar-refractivity contribution >= 4 is 34.8 Å². The Kier molecular flexibility index (Phi) is 7.07. The molecule has 10 heteroatoms. The van der Waals surface area contributed by atoms with Gasteiger partial charge < -0.3 is 5.32 Å². The number of aromatic nitrogens is 2. The third-order valence-electron chi connectivity index (χ3n) is 4.99. The van der Waals surface area contributed by atoms with Crippen molar-refractivity contribution < 1.29 is 22.8 Å². The number of anilines is 2. The predicted molar refractivity (Wildman–Crippen MR) is 124 cm³/mol. The van der Waals surface area contributed by atoms with Crippen molar-refractivity contribution in [1.29, 1.82) is 0 Å². The van der Waals surface area contributed by atoms with E-state index in [2.05, 4.69) is 15.3 Å². The molecule has 0 radical (unpaired) electrons. The summed E-state index contributed by atoms with van der Waals surface area (Å²) in [6.45, 7) is 0. The number of nitrogens with zero attached hydrogens (tertiary/aromatic N) is 3. The van der Waals surface area contributed by atoms with Gasteiger partial charge in [0, 0.05) is 23.8 Å². The first-order valence-electron chi connectivity index (χ1n) is 10.2. The molecule has 0 spiro atoms. The van der Waals surface area contributed by atoms with E-state index in [0.717, 1.165) is 35.2 Å². The number of amides is 2. The van der Waals surface area contributed by atoms with E-state index >= 15 is 0 Å². The van der Waals surface area contributed by atoms with Gasteiger partial charge in [-0.3, -0.25) is 19.5 Å². The Hall–Kier alpha value is -4.24. The molecule has 2 amide bonds. The van der Waals surface area contributed by atoms with E-state index in [1.165, 1.54) is 55.0 Å². The van der Waals surface area contributed by atoms with E-state index in [1.54, 1.807) is 0 Å². The number of benzene rings is 3. The summed E-state index contributed by atoms with van der Waals surface area (Å²) >= 11 is 5.98. The second kappa shape index (κ2) is 10.4. The van der Waals surface area contributed by atoms with Crippen molar-refractivity contribution in [2.24, 2.45) is 0 Å². The quantitative estimate of drug-likeness (QED) is 0.378. The summed E-state index contributed by atoms with van der Waals surface area (Å²) in [5.74, 6) is -3.23. The van der Waals surface area contributed by atoms with Gasteiger partial charge in [-0.2, -0.15) is 0 Å². The first-order chi connectivity index (χ1) is 16.8. The van der Waals surface area contributed by atoms with Crippen LogP contribution in [0.25, 0.3) is 0 Å². The summed E-state index contributed by atoms with van der Waals surface area (Å²) in [7, 11) is 0. The normalized spacial score (nSPS) is 11.5. The maximum Gasteiger partial charge on any atom is 0.279 e. The number of carbonyl (C=O) groups is 2. The zero-order valence-electron chi connectivity index (χ0n) is 17.8. The predicted octanol–water partition coefficient (Wildman–Crippen LogP) is 5.57. The molecule has 3 aromatic carbocycles. The molecule has 35 heavy (non-hydrogen) atoms. The molecule has 1 heterocycles. The smallest absolute Gasteiger partial charge is 0.279 e. The first-order valence-corrected chi connectivity index (χ1v) is 10.6. The Morgan fingerprint density at radius 3 is 2.14 bits per heavy atom. The van der Waals surface area contributed by atoms with Crippen LogP contribution in [0.4, 0.5) is 24.5 Å². The lowest BCUT2D eigenvalue weighted by Crippen LogP contribution is -2.42. The van der Waals surface area contributed by atoms with E-state index in [1.807, 2.05) is 0 Å². The molecule has 1 aromatic heterocycles. The summed E-state index contributed by atoms with van der Waals surface area (Å²) in [6, 6.07) is 12.1. The fourth-order valence-corrected chi connectivity index (χ4v) is 3.53. The molecular formula is C25H16ClF3N4O2. The molecule has 1 atom stereocenters. The second-order valence-electron chi connectivity index (χ2n) is 7.31. The number of rotatable bonds is 6. The molecule has 0 aliphatic rings. The van der Waals surface area contributed by atoms with Crippen molar-refractivity contribution in [2.75, 3.05) is 10.2 Å². The van der Waals surface area contributed by atoms with Crippen molar-refractivity contribution in [1.82, 2.24) is 9.97 Å². The van der Waals surface area contributed by atoms with E-state index in [0.29, 0.717) is 0 Å². The zero-order valence-corrected chi connectivity index (χ0v) is 18.6. The van der Waals surface area contributed by atoms with Crippen LogP contribution in [-0.4, -0.2) is 21.8 Å². The first kappa shape index (κ1) is 23.9. The van der Waals surface area contributed by atoms with E-state index < -0.39 is 35.3 Å². The highest BCUT2D eigenvalue weighted by Crippen LogP contribution is 2.33. The molecule has 4 aromatic rings. The highest BCUT2D eigenvalue weighted by atomic mass is 35.5. The molecule has 0 aliphatic heterocycles. The minimum absolute atomic E-state index is 0.0793. The number of nitrogens with one attached hydrogen (secondary N) is 1. The standard InChI is InChI=1S/C25H16ClF3N4O2/c26-20-13-19(9-10-21(20)29)33(25(35)22-14-30-11-12-31-22)23(15-1-3-16(27)4-2-15)24(34)32-18-7-5-17(28)6-8-18/h1-14,23H,(H,32,34)/t23-/m1/s1. The summed E-state index contributed by atoms with van der Waals surface area (Å²) in [5, 5.41) is 2.35. The zero-order chi connectivity index (χ0) is 24.9. The van der Waals surface area contributed by atoms with Crippen molar-refractivity contribution in [3.63, 3.8) is 0 Å². The monoisotopic (exact) mass is 496 g/mol. The number of carbonyl (C=O) groups excluding carboxylic acids is 2. The molecule has 0 aliphatic carbocycles. The molecule has 176 valence electrons. The van der Waals surface area contributed by atoms with Gasteiger partial charge in [0.15, 0.2) is 0 Å². The fraction of sp³-hybridized carbons (Fsp3) is 0.0400. The summed E-state index contributed by atoms with van der Waals surface area (Å²) in [4.78, 5) is 36.1. The maximum atomic E-state index is 13.9. The fourth-order valence-electron chi connectivity index (χ4n) is 3.36. The van der Waals surface area contributed by atoms with Crippen molar-refractivity contribution in [2.45, 2.75) is 6.04 Å². The molecule has 6 nitrogen and oxygen atoms in total. The lowest BCUT2D eigenvalue weighted by Gasteiger charge is -2.31. The average molecular weight is 497 g/mol. The van der Waals surface area contributed by atoms with Crippen LogP contribution in [0.3, 0.4) is 0 Å². The largest absolute Gasteiger partial charge is 0.324 e. The molecule has 0 bridgehead atoms. The van der Waals surface area contributed by atoms with Gasteiger partial charge in [-0.25, -0.2) is 18.2 Å². The van der Waals surface area contributed by atoms with Crippen LogP contribution in [0.15, 0.2) is 85.3 Å². The Balaban J connectivity index is 1.86. The minimum Gasteiger partial charge on any atom is -0.324 e. The summed E-state index contributed by atoms with van der Waals surface area (Å²) < 4.78 is 41.0. The van der Waals surface area contributed by atoms with Crippen LogP contribution in [0.2, 0.25) is 5.02 Å². The van der Waals surface area contributed by atoms with Gasteiger partial charge >= 0.3 is 0 Å². The summed E-state index contributed by atoms with van der Waals surface area (Å²) in [6.07, 6.45) is 3.88. The lowest BCUT2D eigenvalue weighted by atomic mass is 10.0. The van der Waals surface area contributed by atoms with Gasteiger partial charge in [0.05, 0.1) is 11.2 Å². The molecule has 0 saturated carbocycles. The molecule has 1 N–H and O–H groups in total. The van der Waals surface area contributed by atoms with Crippen LogP contribution in [0.1, 0.15) is 22.1 Å². The van der Waals surface area contributed by atoms with Gasteiger partial charge in [0.25, 0.3) is 11.8 Å². The number of hydrogen-bond acceptors (Lipinski definition) is 4.